The quantitative estimate of drug-likeness (QED) is 0.725. The Morgan fingerprint density at radius 3 is 2.88 bits per heavy atom. The first-order valence-corrected chi connectivity index (χ1v) is 5.25. The number of pyridine rings is 1. The van der Waals surface area contributed by atoms with Crippen LogP contribution >= 0.6 is 0 Å². The monoisotopic (exact) mass is 237 g/mol. The number of likely N-dealkylation sites (N-methyl/N-ethyl adjacent to an activating group) is 1. The second kappa shape index (κ2) is 6.47. The van der Waals surface area contributed by atoms with Crippen molar-refractivity contribution in [3.8, 4) is 0 Å². The highest BCUT2D eigenvalue weighted by Crippen LogP contribution is 2.12. The van der Waals surface area contributed by atoms with Gasteiger partial charge in [0.2, 0.25) is 5.91 Å². The summed E-state index contributed by atoms with van der Waals surface area (Å²) < 4.78 is 4.88. The van der Waals surface area contributed by atoms with Gasteiger partial charge in [0.05, 0.1) is 13.2 Å². The van der Waals surface area contributed by atoms with Gasteiger partial charge in [-0.2, -0.15) is 0 Å². The van der Waals surface area contributed by atoms with Crippen LogP contribution in [0.4, 0.5) is 5.82 Å². The molecule has 1 amide bonds. The van der Waals surface area contributed by atoms with Crippen molar-refractivity contribution < 1.29 is 14.3 Å². The van der Waals surface area contributed by atoms with Gasteiger partial charge in [-0.15, -0.1) is 0 Å². The molecule has 0 aromatic carbocycles. The Kier molecular flexibility index (Phi) is 4.93. The number of carbonyl (C=O) groups is 2. The van der Waals surface area contributed by atoms with Crippen LogP contribution < -0.4 is 10.6 Å². The van der Waals surface area contributed by atoms with Crippen LogP contribution in [0.5, 0.6) is 0 Å². The maximum Gasteiger partial charge on any atom is 0.341 e. The second-order valence-corrected chi connectivity index (χ2v) is 3.15. The molecule has 0 radical (unpaired) electrons. The molecule has 6 heteroatoms. The van der Waals surface area contributed by atoms with Crippen LogP contribution in [0.1, 0.15) is 17.3 Å². The summed E-state index contributed by atoms with van der Waals surface area (Å²) in [6.45, 7) is 2.08. The van der Waals surface area contributed by atoms with Gasteiger partial charge in [-0.1, -0.05) is 0 Å². The van der Waals surface area contributed by atoms with Crippen molar-refractivity contribution >= 4 is 17.7 Å². The molecule has 0 spiro atoms. The van der Waals surface area contributed by atoms with E-state index < -0.39 is 5.97 Å². The third-order valence-electron chi connectivity index (χ3n) is 2.00. The summed E-state index contributed by atoms with van der Waals surface area (Å²) in [4.78, 5) is 26.6. The van der Waals surface area contributed by atoms with Crippen molar-refractivity contribution in [1.29, 1.82) is 0 Å². The van der Waals surface area contributed by atoms with Gasteiger partial charge in [0, 0.05) is 13.2 Å². The SMILES string of the molecule is CCOC(=O)c1cccnc1NCC(=O)NC. The predicted octanol–water partition coefficient (Wildman–Crippen LogP) is 0.416. The minimum Gasteiger partial charge on any atom is -0.462 e. The molecule has 0 aliphatic rings. The van der Waals surface area contributed by atoms with E-state index in [1.54, 1.807) is 19.1 Å². The average molecular weight is 237 g/mol. The third kappa shape index (κ3) is 3.75. The Balaban J connectivity index is 2.77. The number of hydrogen-bond donors (Lipinski definition) is 2. The number of anilines is 1. The fourth-order valence-electron chi connectivity index (χ4n) is 1.17. The van der Waals surface area contributed by atoms with E-state index in [1.807, 2.05) is 0 Å². The van der Waals surface area contributed by atoms with E-state index in [0.29, 0.717) is 18.0 Å². The lowest BCUT2D eigenvalue weighted by Gasteiger charge is -2.09. The summed E-state index contributed by atoms with van der Waals surface area (Å²) >= 11 is 0. The Morgan fingerprint density at radius 1 is 1.47 bits per heavy atom. The van der Waals surface area contributed by atoms with Crippen molar-refractivity contribution in [2.75, 3.05) is 25.5 Å². The number of esters is 1. The number of hydrogen-bond acceptors (Lipinski definition) is 5. The van der Waals surface area contributed by atoms with Gasteiger partial charge >= 0.3 is 5.97 Å². The lowest BCUT2D eigenvalue weighted by Crippen LogP contribution is -2.27. The van der Waals surface area contributed by atoms with E-state index in [0.717, 1.165) is 0 Å². The van der Waals surface area contributed by atoms with Crippen molar-refractivity contribution in [2.45, 2.75) is 6.92 Å². The Bertz CT molecular complexity index is 407. The highest BCUT2D eigenvalue weighted by molar-refractivity contribution is 5.95. The van der Waals surface area contributed by atoms with Crippen molar-refractivity contribution in [3.63, 3.8) is 0 Å². The van der Waals surface area contributed by atoms with Gasteiger partial charge in [0.1, 0.15) is 11.4 Å². The van der Waals surface area contributed by atoms with Gasteiger partial charge in [0.25, 0.3) is 0 Å². The fourth-order valence-corrected chi connectivity index (χ4v) is 1.17. The molecule has 0 unspecified atom stereocenters. The Morgan fingerprint density at radius 2 is 2.24 bits per heavy atom. The number of nitrogens with zero attached hydrogens (tertiary/aromatic N) is 1. The molecule has 92 valence electrons. The maximum absolute atomic E-state index is 11.6. The minimum atomic E-state index is -0.458. The third-order valence-corrected chi connectivity index (χ3v) is 2.00. The number of rotatable bonds is 5. The maximum atomic E-state index is 11.6. The van der Waals surface area contributed by atoms with Crippen LogP contribution in [0.3, 0.4) is 0 Å². The molecular formula is C11H15N3O3. The molecule has 6 nitrogen and oxygen atoms in total. The smallest absolute Gasteiger partial charge is 0.341 e. The standard InChI is InChI=1S/C11H15N3O3/c1-3-17-11(16)8-5-4-6-13-10(8)14-7-9(15)12-2/h4-6H,3,7H2,1-2H3,(H,12,15)(H,13,14). The van der Waals surface area contributed by atoms with E-state index >= 15 is 0 Å². The topological polar surface area (TPSA) is 80.3 Å². The number of carbonyl (C=O) groups excluding carboxylic acids is 2. The summed E-state index contributed by atoms with van der Waals surface area (Å²) in [6.07, 6.45) is 1.54. The number of aromatic nitrogens is 1. The van der Waals surface area contributed by atoms with Crippen LogP contribution in [-0.2, 0) is 9.53 Å². The summed E-state index contributed by atoms with van der Waals surface area (Å²) in [5.74, 6) is -0.306. The number of amides is 1. The highest BCUT2D eigenvalue weighted by Gasteiger charge is 2.13. The first-order valence-electron chi connectivity index (χ1n) is 5.25. The summed E-state index contributed by atoms with van der Waals surface area (Å²) in [5, 5.41) is 5.24. The minimum absolute atomic E-state index is 0.0555. The van der Waals surface area contributed by atoms with Gasteiger partial charge in [-0.25, -0.2) is 9.78 Å². The normalized spacial score (nSPS) is 9.53. The van der Waals surface area contributed by atoms with Crippen LogP contribution in [0.15, 0.2) is 18.3 Å². The van der Waals surface area contributed by atoms with E-state index in [9.17, 15) is 9.59 Å². The molecule has 0 saturated heterocycles. The second-order valence-electron chi connectivity index (χ2n) is 3.15. The van der Waals surface area contributed by atoms with Crippen LogP contribution in [0.25, 0.3) is 0 Å². The van der Waals surface area contributed by atoms with Gasteiger partial charge in [-0.3, -0.25) is 4.79 Å². The van der Waals surface area contributed by atoms with E-state index in [1.165, 1.54) is 13.2 Å². The van der Waals surface area contributed by atoms with Crippen LogP contribution in [0, 0.1) is 0 Å². The largest absolute Gasteiger partial charge is 0.462 e. The Hall–Kier alpha value is -2.11. The molecule has 0 aliphatic heterocycles. The molecule has 1 heterocycles. The number of nitrogens with one attached hydrogen (secondary N) is 2. The first kappa shape index (κ1) is 13.0. The summed E-state index contributed by atoms with van der Waals surface area (Å²) in [6, 6.07) is 3.23. The molecule has 0 aliphatic carbocycles. The molecule has 1 rings (SSSR count). The lowest BCUT2D eigenvalue weighted by molar-refractivity contribution is -0.118. The van der Waals surface area contributed by atoms with Gasteiger partial charge in [-0.05, 0) is 19.1 Å². The zero-order valence-corrected chi connectivity index (χ0v) is 9.82. The van der Waals surface area contributed by atoms with Crippen molar-refractivity contribution in [1.82, 2.24) is 10.3 Å². The predicted molar refractivity (Wildman–Crippen MR) is 62.7 cm³/mol. The molecule has 2 N–H and O–H groups in total. The lowest BCUT2D eigenvalue weighted by atomic mass is 10.2. The molecule has 17 heavy (non-hydrogen) atoms. The summed E-state index contributed by atoms with van der Waals surface area (Å²) in [5.41, 5.74) is 0.318. The molecule has 1 aromatic rings. The van der Waals surface area contributed by atoms with Gasteiger partial charge in [0.15, 0.2) is 0 Å². The van der Waals surface area contributed by atoms with E-state index in [-0.39, 0.29) is 12.5 Å². The van der Waals surface area contributed by atoms with Crippen molar-refractivity contribution in [2.24, 2.45) is 0 Å². The zero-order chi connectivity index (χ0) is 12.7. The van der Waals surface area contributed by atoms with Crippen molar-refractivity contribution in [3.05, 3.63) is 23.9 Å². The van der Waals surface area contributed by atoms with E-state index in [4.69, 9.17) is 4.74 Å². The highest BCUT2D eigenvalue weighted by atomic mass is 16.5. The molecule has 0 fully saturated rings. The first-order chi connectivity index (χ1) is 8.19. The zero-order valence-electron chi connectivity index (χ0n) is 9.82. The molecule has 0 saturated carbocycles. The molecular weight excluding hydrogens is 222 g/mol. The van der Waals surface area contributed by atoms with E-state index in [2.05, 4.69) is 15.6 Å². The van der Waals surface area contributed by atoms with Gasteiger partial charge < -0.3 is 15.4 Å². The summed E-state index contributed by atoms with van der Waals surface area (Å²) in [7, 11) is 1.54. The fraction of sp³-hybridized carbons (Fsp3) is 0.364. The molecule has 0 bridgehead atoms. The average Bonchev–Trinajstić information content (AvgIpc) is 2.36. The van der Waals surface area contributed by atoms with Crippen LogP contribution in [-0.4, -0.2) is 37.1 Å². The molecule has 0 atom stereocenters. The van der Waals surface area contributed by atoms with Crippen LogP contribution in [0.2, 0.25) is 0 Å². The molecule has 1 aromatic heterocycles. The number of ether oxygens (including phenoxy) is 1. The Labute approximate surface area is 99.4 Å².